The zero-order chi connectivity index (χ0) is 6.78. The Balaban J connectivity index is 3.71. The summed E-state index contributed by atoms with van der Waals surface area (Å²) in [5.74, 6) is 0.677. The van der Waals surface area contributed by atoms with E-state index in [0.717, 1.165) is 6.42 Å². The maximum absolute atomic E-state index is 4.48. The minimum Gasteiger partial charge on any atom is -0.173 e. The van der Waals surface area contributed by atoms with Crippen LogP contribution in [0.2, 0.25) is 0 Å². The van der Waals surface area contributed by atoms with Crippen molar-refractivity contribution in [2.45, 2.75) is 38.9 Å². The van der Waals surface area contributed by atoms with Crippen molar-refractivity contribution >= 4 is 12.6 Å². The van der Waals surface area contributed by atoms with E-state index in [9.17, 15) is 0 Å². The molecule has 0 aromatic heterocycles. The van der Waals surface area contributed by atoms with E-state index in [1.54, 1.807) is 0 Å². The lowest BCUT2D eigenvalue weighted by Gasteiger charge is -2.25. The molecule has 0 aliphatic rings. The molecule has 0 fully saturated rings. The van der Waals surface area contributed by atoms with Gasteiger partial charge in [0.25, 0.3) is 0 Å². The van der Waals surface area contributed by atoms with Crippen LogP contribution in [0.25, 0.3) is 0 Å². The molecule has 0 radical (unpaired) electrons. The van der Waals surface area contributed by atoms with Crippen LogP contribution in [0.1, 0.15) is 34.1 Å². The van der Waals surface area contributed by atoms with Gasteiger partial charge in [0.2, 0.25) is 0 Å². The zero-order valence-corrected chi connectivity index (χ0v) is 7.13. The highest BCUT2D eigenvalue weighted by Crippen LogP contribution is 2.26. The number of hydrogen-bond donors (Lipinski definition) is 1. The van der Waals surface area contributed by atoms with Gasteiger partial charge in [-0.3, -0.25) is 0 Å². The van der Waals surface area contributed by atoms with E-state index in [0.29, 0.717) is 5.92 Å². The van der Waals surface area contributed by atoms with Crippen LogP contribution in [0.15, 0.2) is 0 Å². The molecule has 0 amide bonds. The largest absolute Gasteiger partial charge is 0.173 e. The first-order valence-corrected chi connectivity index (χ1v) is 3.67. The van der Waals surface area contributed by atoms with Crippen LogP contribution in [0.3, 0.4) is 0 Å². The van der Waals surface area contributed by atoms with Gasteiger partial charge in [0, 0.05) is 4.75 Å². The molecule has 8 heavy (non-hydrogen) atoms. The fourth-order valence-electron chi connectivity index (χ4n) is 0.408. The SMILES string of the molecule is CCC(C)(S)C(C)C. The summed E-state index contributed by atoms with van der Waals surface area (Å²) in [6, 6.07) is 0. The molecule has 0 bridgehead atoms. The molecule has 1 unspecified atom stereocenters. The molecule has 0 nitrogen and oxygen atoms in total. The van der Waals surface area contributed by atoms with Crippen LogP contribution >= 0.6 is 12.6 Å². The zero-order valence-electron chi connectivity index (χ0n) is 6.23. The molecule has 0 aliphatic carbocycles. The van der Waals surface area contributed by atoms with Gasteiger partial charge >= 0.3 is 0 Å². The standard InChI is InChI=1S/C7H16S/c1-5-7(4,8)6(2)3/h6,8H,5H2,1-4H3. The second-order valence-electron chi connectivity index (χ2n) is 2.87. The number of rotatable bonds is 2. The quantitative estimate of drug-likeness (QED) is 0.549. The van der Waals surface area contributed by atoms with Crippen LogP contribution in [0.4, 0.5) is 0 Å². The van der Waals surface area contributed by atoms with E-state index in [1.165, 1.54) is 0 Å². The Hall–Kier alpha value is 0.350. The number of hydrogen-bond acceptors (Lipinski definition) is 1. The maximum atomic E-state index is 4.48. The van der Waals surface area contributed by atoms with Gasteiger partial charge < -0.3 is 0 Å². The first-order chi connectivity index (χ1) is 3.50. The van der Waals surface area contributed by atoms with Crippen molar-refractivity contribution < 1.29 is 0 Å². The highest BCUT2D eigenvalue weighted by atomic mass is 32.1. The molecular formula is C7H16S. The van der Waals surface area contributed by atoms with E-state index in [-0.39, 0.29) is 4.75 Å². The lowest BCUT2D eigenvalue weighted by atomic mass is 9.94. The van der Waals surface area contributed by atoms with E-state index >= 15 is 0 Å². The van der Waals surface area contributed by atoms with Crippen LogP contribution < -0.4 is 0 Å². The summed E-state index contributed by atoms with van der Waals surface area (Å²) < 4.78 is 0.236. The van der Waals surface area contributed by atoms with Crippen LogP contribution in [0, 0.1) is 5.92 Å². The minimum absolute atomic E-state index is 0.236. The lowest BCUT2D eigenvalue weighted by molar-refractivity contribution is 0.459. The van der Waals surface area contributed by atoms with Crippen LogP contribution in [-0.4, -0.2) is 4.75 Å². The topological polar surface area (TPSA) is 0 Å². The van der Waals surface area contributed by atoms with Crippen molar-refractivity contribution in [2.75, 3.05) is 0 Å². The fourth-order valence-corrected chi connectivity index (χ4v) is 0.408. The Morgan fingerprint density at radius 3 is 1.88 bits per heavy atom. The molecule has 50 valence electrons. The average Bonchev–Trinajstić information content (AvgIpc) is 1.67. The first kappa shape index (κ1) is 8.35. The van der Waals surface area contributed by atoms with E-state index < -0.39 is 0 Å². The summed E-state index contributed by atoms with van der Waals surface area (Å²) in [5, 5.41) is 0. The van der Waals surface area contributed by atoms with E-state index in [4.69, 9.17) is 0 Å². The Morgan fingerprint density at radius 2 is 1.88 bits per heavy atom. The molecular weight excluding hydrogens is 116 g/mol. The van der Waals surface area contributed by atoms with Crippen molar-refractivity contribution in [3.8, 4) is 0 Å². The predicted octanol–water partition coefficient (Wildman–Crippen LogP) is 2.74. The van der Waals surface area contributed by atoms with Gasteiger partial charge in [0.1, 0.15) is 0 Å². The summed E-state index contributed by atoms with van der Waals surface area (Å²) >= 11 is 4.48. The Morgan fingerprint density at radius 1 is 1.50 bits per heavy atom. The van der Waals surface area contributed by atoms with E-state index in [2.05, 4.69) is 40.3 Å². The van der Waals surface area contributed by atoms with Crippen molar-refractivity contribution in [1.29, 1.82) is 0 Å². The van der Waals surface area contributed by atoms with Gasteiger partial charge in [-0.1, -0.05) is 27.7 Å². The van der Waals surface area contributed by atoms with Gasteiger partial charge in [-0.2, -0.15) is 12.6 Å². The summed E-state index contributed by atoms with van der Waals surface area (Å²) in [6.07, 6.45) is 1.15. The Bertz CT molecular complexity index is 64.8. The van der Waals surface area contributed by atoms with Crippen molar-refractivity contribution in [1.82, 2.24) is 0 Å². The van der Waals surface area contributed by atoms with Crippen LogP contribution in [-0.2, 0) is 0 Å². The van der Waals surface area contributed by atoms with Crippen LogP contribution in [0.5, 0.6) is 0 Å². The third-order valence-corrected chi connectivity index (χ3v) is 2.79. The Kier molecular flexibility index (Phi) is 2.89. The Labute approximate surface area is 58.1 Å². The van der Waals surface area contributed by atoms with Crippen molar-refractivity contribution in [2.24, 2.45) is 5.92 Å². The summed E-state index contributed by atoms with van der Waals surface area (Å²) in [4.78, 5) is 0. The van der Waals surface area contributed by atoms with Crippen molar-refractivity contribution in [3.05, 3.63) is 0 Å². The molecule has 1 atom stereocenters. The normalized spacial score (nSPS) is 18.8. The summed E-state index contributed by atoms with van der Waals surface area (Å²) in [7, 11) is 0. The molecule has 0 saturated heterocycles. The molecule has 1 heteroatoms. The molecule has 0 aromatic carbocycles. The average molecular weight is 132 g/mol. The van der Waals surface area contributed by atoms with Gasteiger partial charge in [0.15, 0.2) is 0 Å². The van der Waals surface area contributed by atoms with E-state index in [1.807, 2.05) is 0 Å². The molecule has 0 aliphatic heterocycles. The maximum Gasteiger partial charge on any atom is 0.0122 e. The third kappa shape index (κ3) is 2.08. The minimum atomic E-state index is 0.236. The molecule has 0 N–H and O–H groups in total. The predicted molar refractivity (Wildman–Crippen MR) is 42.5 cm³/mol. The van der Waals surface area contributed by atoms with Gasteiger partial charge in [-0.15, -0.1) is 0 Å². The van der Waals surface area contributed by atoms with Gasteiger partial charge in [-0.25, -0.2) is 0 Å². The second kappa shape index (κ2) is 2.77. The fraction of sp³-hybridized carbons (Fsp3) is 1.00. The molecule has 0 aromatic rings. The summed E-state index contributed by atoms with van der Waals surface area (Å²) in [6.45, 7) is 8.76. The molecule has 0 rings (SSSR count). The molecule has 0 heterocycles. The highest BCUT2D eigenvalue weighted by Gasteiger charge is 2.19. The molecule has 0 saturated carbocycles. The summed E-state index contributed by atoms with van der Waals surface area (Å²) in [5.41, 5.74) is 0. The molecule has 0 spiro atoms. The first-order valence-electron chi connectivity index (χ1n) is 3.23. The smallest absolute Gasteiger partial charge is 0.0122 e. The van der Waals surface area contributed by atoms with Gasteiger partial charge in [0.05, 0.1) is 0 Å². The third-order valence-electron chi connectivity index (χ3n) is 1.96. The number of thiol groups is 1. The van der Waals surface area contributed by atoms with Gasteiger partial charge in [-0.05, 0) is 12.3 Å². The monoisotopic (exact) mass is 132 g/mol. The second-order valence-corrected chi connectivity index (χ2v) is 3.89. The lowest BCUT2D eigenvalue weighted by Crippen LogP contribution is -2.22. The van der Waals surface area contributed by atoms with Crippen molar-refractivity contribution in [3.63, 3.8) is 0 Å². The highest BCUT2D eigenvalue weighted by molar-refractivity contribution is 7.81.